The molecule has 1 aromatic rings. The first-order chi connectivity index (χ1) is 8.08. The van der Waals surface area contributed by atoms with Crippen molar-refractivity contribution >= 4 is 0 Å². The zero-order valence-corrected chi connectivity index (χ0v) is 12.0. The summed E-state index contributed by atoms with van der Waals surface area (Å²) in [5.74, 6) is 0.792. The van der Waals surface area contributed by atoms with Crippen molar-refractivity contribution in [1.29, 1.82) is 0 Å². The Bertz CT molecular complexity index is 339. The summed E-state index contributed by atoms with van der Waals surface area (Å²) in [5, 5.41) is 3.66. The molecule has 0 radical (unpaired) electrons. The molecule has 0 saturated carbocycles. The maximum atomic E-state index is 3.66. The maximum Gasteiger partial charge on any atom is 0.0210 e. The van der Waals surface area contributed by atoms with Gasteiger partial charge < -0.3 is 5.32 Å². The number of benzene rings is 1. The van der Waals surface area contributed by atoms with Crippen LogP contribution < -0.4 is 5.32 Å². The molecule has 0 aliphatic carbocycles. The maximum absolute atomic E-state index is 3.66. The summed E-state index contributed by atoms with van der Waals surface area (Å²) in [4.78, 5) is 0. The normalized spacial score (nSPS) is 13.1. The highest BCUT2D eigenvalue weighted by atomic mass is 14.9. The van der Waals surface area contributed by atoms with Crippen molar-refractivity contribution in [3.63, 3.8) is 0 Å². The van der Waals surface area contributed by atoms with Crippen molar-refractivity contribution in [3.05, 3.63) is 34.9 Å². The van der Waals surface area contributed by atoms with Gasteiger partial charge in [-0.05, 0) is 37.8 Å². The Morgan fingerprint density at radius 3 is 2.29 bits per heavy atom. The fourth-order valence-corrected chi connectivity index (χ4v) is 2.48. The number of nitrogens with one attached hydrogen (secondary N) is 1. The standard InChI is InChI=1S/C16H27N/c1-6-15(7-2)14(5)17-11-16-9-8-12(3)10-13(16)4/h8-10,14-15,17H,6-7,11H2,1-5H3. The number of hydrogen-bond acceptors (Lipinski definition) is 1. The topological polar surface area (TPSA) is 12.0 Å². The summed E-state index contributed by atoms with van der Waals surface area (Å²) >= 11 is 0. The van der Waals surface area contributed by atoms with E-state index in [0.29, 0.717) is 6.04 Å². The minimum Gasteiger partial charge on any atom is -0.310 e. The molecule has 17 heavy (non-hydrogen) atoms. The Morgan fingerprint density at radius 1 is 1.12 bits per heavy atom. The van der Waals surface area contributed by atoms with Crippen molar-refractivity contribution in [2.45, 2.75) is 60.0 Å². The van der Waals surface area contributed by atoms with Gasteiger partial charge in [0.2, 0.25) is 0 Å². The van der Waals surface area contributed by atoms with E-state index in [0.717, 1.165) is 12.5 Å². The minimum atomic E-state index is 0.603. The summed E-state index contributed by atoms with van der Waals surface area (Å²) in [5.41, 5.74) is 4.17. The van der Waals surface area contributed by atoms with E-state index in [1.54, 1.807) is 0 Å². The van der Waals surface area contributed by atoms with Gasteiger partial charge in [-0.3, -0.25) is 0 Å². The van der Waals surface area contributed by atoms with E-state index in [9.17, 15) is 0 Å². The Morgan fingerprint density at radius 2 is 1.76 bits per heavy atom. The number of aryl methyl sites for hydroxylation is 2. The van der Waals surface area contributed by atoms with Crippen molar-refractivity contribution in [1.82, 2.24) is 5.32 Å². The van der Waals surface area contributed by atoms with Crippen LogP contribution in [0.4, 0.5) is 0 Å². The van der Waals surface area contributed by atoms with E-state index in [2.05, 4.69) is 58.1 Å². The Kier molecular flexibility index (Phi) is 5.70. The van der Waals surface area contributed by atoms with Gasteiger partial charge in [-0.2, -0.15) is 0 Å². The molecule has 1 rings (SSSR count). The fourth-order valence-electron chi connectivity index (χ4n) is 2.48. The van der Waals surface area contributed by atoms with E-state index >= 15 is 0 Å². The van der Waals surface area contributed by atoms with Gasteiger partial charge in [0.1, 0.15) is 0 Å². The zero-order valence-electron chi connectivity index (χ0n) is 12.0. The third kappa shape index (κ3) is 4.16. The van der Waals surface area contributed by atoms with Crippen molar-refractivity contribution in [3.8, 4) is 0 Å². The van der Waals surface area contributed by atoms with Gasteiger partial charge in [0.25, 0.3) is 0 Å². The van der Waals surface area contributed by atoms with Gasteiger partial charge in [-0.1, -0.05) is 50.5 Å². The first-order valence-corrected chi connectivity index (χ1v) is 6.88. The lowest BCUT2D eigenvalue weighted by Gasteiger charge is -2.23. The summed E-state index contributed by atoms with van der Waals surface area (Å²) in [6.45, 7) is 12.2. The van der Waals surface area contributed by atoms with Crippen molar-refractivity contribution in [2.24, 2.45) is 5.92 Å². The summed E-state index contributed by atoms with van der Waals surface area (Å²) in [6, 6.07) is 7.31. The quantitative estimate of drug-likeness (QED) is 0.776. The molecule has 0 heterocycles. The largest absolute Gasteiger partial charge is 0.310 e. The molecule has 0 fully saturated rings. The Labute approximate surface area is 107 Å². The molecule has 0 amide bonds. The third-order valence-electron chi connectivity index (χ3n) is 3.87. The average Bonchev–Trinajstić information content (AvgIpc) is 2.29. The SMILES string of the molecule is CCC(CC)C(C)NCc1ccc(C)cc1C. The monoisotopic (exact) mass is 233 g/mol. The van der Waals surface area contributed by atoms with E-state index in [-0.39, 0.29) is 0 Å². The first kappa shape index (κ1) is 14.2. The summed E-state index contributed by atoms with van der Waals surface area (Å²) in [6.07, 6.45) is 2.52. The molecule has 1 aromatic carbocycles. The molecular weight excluding hydrogens is 206 g/mol. The van der Waals surface area contributed by atoms with Gasteiger partial charge >= 0.3 is 0 Å². The minimum absolute atomic E-state index is 0.603. The van der Waals surface area contributed by atoms with Crippen LogP contribution in [0.2, 0.25) is 0 Å². The Hall–Kier alpha value is -0.820. The highest BCUT2D eigenvalue weighted by Gasteiger charge is 2.12. The van der Waals surface area contributed by atoms with E-state index < -0.39 is 0 Å². The molecule has 0 spiro atoms. The lowest BCUT2D eigenvalue weighted by Crippen LogP contribution is -2.32. The number of hydrogen-bond donors (Lipinski definition) is 1. The molecule has 96 valence electrons. The van der Waals surface area contributed by atoms with E-state index in [1.165, 1.54) is 29.5 Å². The Balaban J connectivity index is 2.55. The van der Waals surface area contributed by atoms with Crippen LogP contribution in [0.1, 0.15) is 50.3 Å². The molecule has 1 nitrogen and oxygen atoms in total. The second-order valence-corrected chi connectivity index (χ2v) is 5.18. The third-order valence-corrected chi connectivity index (χ3v) is 3.87. The van der Waals surface area contributed by atoms with Crippen LogP contribution in [-0.4, -0.2) is 6.04 Å². The molecular formula is C16H27N. The van der Waals surface area contributed by atoms with E-state index in [4.69, 9.17) is 0 Å². The van der Waals surface area contributed by atoms with Crippen molar-refractivity contribution in [2.75, 3.05) is 0 Å². The average molecular weight is 233 g/mol. The van der Waals surface area contributed by atoms with Gasteiger partial charge in [0, 0.05) is 12.6 Å². The zero-order chi connectivity index (χ0) is 12.8. The predicted octanol–water partition coefficient (Wildman–Crippen LogP) is 4.22. The van der Waals surface area contributed by atoms with Crippen LogP contribution in [-0.2, 0) is 6.54 Å². The lowest BCUT2D eigenvalue weighted by atomic mass is 9.95. The summed E-state index contributed by atoms with van der Waals surface area (Å²) < 4.78 is 0. The molecule has 1 atom stereocenters. The van der Waals surface area contributed by atoms with E-state index in [1.807, 2.05) is 0 Å². The van der Waals surface area contributed by atoms with Crippen molar-refractivity contribution < 1.29 is 0 Å². The van der Waals surface area contributed by atoms with Gasteiger partial charge in [-0.25, -0.2) is 0 Å². The van der Waals surface area contributed by atoms with Gasteiger partial charge in [0.05, 0.1) is 0 Å². The second-order valence-electron chi connectivity index (χ2n) is 5.18. The second kappa shape index (κ2) is 6.80. The first-order valence-electron chi connectivity index (χ1n) is 6.88. The van der Waals surface area contributed by atoms with Crippen LogP contribution in [0.25, 0.3) is 0 Å². The smallest absolute Gasteiger partial charge is 0.0210 e. The predicted molar refractivity (Wildman–Crippen MR) is 76.3 cm³/mol. The molecule has 1 heteroatoms. The fraction of sp³-hybridized carbons (Fsp3) is 0.625. The number of rotatable bonds is 6. The lowest BCUT2D eigenvalue weighted by molar-refractivity contribution is 0.353. The van der Waals surface area contributed by atoms with Crippen LogP contribution in [0.5, 0.6) is 0 Å². The molecule has 0 aromatic heterocycles. The molecule has 0 aliphatic heterocycles. The van der Waals surface area contributed by atoms with Gasteiger partial charge in [-0.15, -0.1) is 0 Å². The van der Waals surface area contributed by atoms with Crippen LogP contribution in [0, 0.1) is 19.8 Å². The molecule has 0 bridgehead atoms. The molecule has 1 N–H and O–H groups in total. The highest BCUT2D eigenvalue weighted by molar-refractivity contribution is 5.30. The van der Waals surface area contributed by atoms with Crippen LogP contribution in [0.3, 0.4) is 0 Å². The van der Waals surface area contributed by atoms with Crippen LogP contribution in [0.15, 0.2) is 18.2 Å². The van der Waals surface area contributed by atoms with Gasteiger partial charge in [0.15, 0.2) is 0 Å². The molecule has 1 unspecified atom stereocenters. The molecule has 0 saturated heterocycles. The molecule has 0 aliphatic rings. The summed E-state index contributed by atoms with van der Waals surface area (Å²) in [7, 11) is 0. The highest BCUT2D eigenvalue weighted by Crippen LogP contribution is 2.15. The van der Waals surface area contributed by atoms with Crippen LogP contribution >= 0.6 is 0 Å².